The fourth-order valence-corrected chi connectivity index (χ4v) is 10.3. The smallest absolute Gasteiger partial charge is 0.307 e. The molecule has 4 saturated carbocycles. The van der Waals surface area contributed by atoms with Gasteiger partial charge in [-0.25, -0.2) is 0 Å². The fraction of sp³-hybridized carbons (Fsp3) is 0.889. The van der Waals surface area contributed by atoms with E-state index in [2.05, 4.69) is 33.0 Å². The molecule has 0 aromatic carbocycles. The zero-order valence-corrected chi connectivity index (χ0v) is 42.2. The first kappa shape index (κ1) is 56.4. The summed E-state index contributed by atoms with van der Waals surface area (Å²) < 4.78 is 33.5. The number of nitrogens with one attached hydrogen (secondary N) is 1. The Balaban J connectivity index is 1.13. The Labute approximate surface area is 403 Å². The van der Waals surface area contributed by atoms with Crippen molar-refractivity contribution >= 4 is 35.8 Å². The fourth-order valence-electron chi connectivity index (χ4n) is 10.3. The summed E-state index contributed by atoms with van der Waals surface area (Å²) in [5, 5.41) is 3.08. The number of rotatable bonds is 30. The van der Waals surface area contributed by atoms with Gasteiger partial charge in [0.05, 0.1) is 24.7 Å². The summed E-state index contributed by atoms with van der Waals surface area (Å²) in [6.45, 7) is 9.48. The Hall–Kier alpha value is -3.22. The van der Waals surface area contributed by atoms with Crippen LogP contribution in [0.3, 0.4) is 0 Å². The van der Waals surface area contributed by atoms with E-state index in [4.69, 9.17) is 28.4 Å². The highest BCUT2D eigenvalue weighted by molar-refractivity contribution is 5.71. The predicted molar refractivity (Wildman–Crippen MR) is 256 cm³/mol. The molecule has 67 heavy (non-hydrogen) atoms. The van der Waals surface area contributed by atoms with E-state index in [1.165, 1.54) is 51.4 Å². The molecule has 13 heteroatoms. The average Bonchev–Trinajstić information content (AvgIpc) is 3.32. The first-order chi connectivity index (χ1) is 32.3. The Morgan fingerprint density at radius 3 is 0.731 bits per heavy atom. The zero-order valence-electron chi connectivity index (χ0n) is 42.2. The summed E-state index contributed by atoms with van der Waals surface area (Å²) >= 11 is 0. The molecule has 0 radical (unpaired) electrons. The van der Waals surface area contributed by atoms with Crippen LogP contribution < -0.4 is 5.32 Å². The van der Waals surface area contributed by atoms with Crippen LogP contribution in [0.4, 0.5) is 0 Å². The molecule has 384 valence electrons. The molecule has 0 spiro atoms. The van der Waals surface area contributed by atoms with Gasteiger partial charge >= 0.3 is 35.8 Å². The van der Waals surface area contributed by atoms with Crippen molar-refractivity contribution in [3.05, 3.63) is 0 Å². The third kappa shape index (κ3) is 25.8. The highest BCUT2D eigenvalue weighted by atomic mass is 16.6. The monoisotopic (exact) mass is 946 g/mol. The van der Waals surface area contributed by atoms with Crippen molar-refractivity contribution in [3.8, 4) is 0 Å². The maximum atomic E-state index is 12.7. The molecule has 13 nitrogen and oxygen atoms in total. The third-order valence-electron chi connectivity index (χ3n) is 15.5. The maximum Gasteiger partial charge on any atom is 0.307 e. The highest BCUT2D eigenvalue weighted by Gasteiger charge is 2.25. The van der Waals surface area contributed by atoms with Crippen LogP contribution >= 0.6 is 0 Å². The lowest BCUT2D eigenvalue weighted by molar-refractivity contribution is -0.156. The van der Waals surface area contributed by atoms with Crippen molar-refractivity contribution < 1.29 is 57.2 Å². The summed E-state index contributed by atoms with van der Waals surface area (Å²) in [4.78, 5) is 76.3. The van der Waals surface area contributed by atoms with Gasteiger partial charge in [0, 0.05) is 38.8 Å². The van der Waals surface area contributed by atoms with Gasteiger partial charge < -0.3 is 33.7 Å². The van der Waals surface area contributed by atoms with Crippen LogP contribution in [0.1, 0.15) is 195 Å². The van der Waals surface area contributed by atoms with Gasteiger partial charge in [-0.05, 0) is 73.0 Å². The maximum absolute atomic E-state index is 12.7. The largest absolute Gasteiger partial charge is 0.465 e. The van der Waals surface area contributed by atoms with E-state index < -0.39 is 23.8 Å². The minimum Gasteiger partial charge on any atom is -0.465 e. The van der Waals surface area contributed by atoms with Crippen LogP contribution in [0.2, 0.25) is 0 Å². The molecule has 1 N–H and O–H groups in total. The Bertz CT molecular complexity index is 1250. The molecule has 0 heterocycles. The van der Waals surface area contributed by atoms with Crippen LogP contribution in [0.5, 0.6) is 0 Å². The van der Waals surface area contributed by atoms with E-state index in [-0.39, 0.29) is 89.4 Å². The number of carbonyl (C=O) groups excluding carboxylic acids is 6. The van der Waals surface area contributed by atoms with E-state index in [0.29, 0.717) is 49.4 Å². The van der Waals surface area contributed by atoms with Crippen LogP contribution in [0, 0.1) is 59.2 Å². The Morgan fingerprint density at radius 2 is 0.522 bits per heavy atom. The number of hydrogen-bond donors (Lipinski definition) is 1. The van der Waals surface area contributed by atoms with E-state index in [0.717, 1.165) is 101 Å². The van der Waals surface area contributed by atoms with Crippen LogP contribution in [0.25, 0.3) is 0 Å². The first-order valence-corrected chi connectivity index (χ1v) is 26.9. The van der Waals surface area contributed by atoms with Gasteiger partial charge in [0.2, 0.25) is 0 Å². The lowest BCUT2D eigenvalue weighted by Gasteiger charge is -2.26. The molecule has 0 unspecified atom stereocenters. The Morgan fingerprint density at radius 1 is 0.328 bits per heavy atom. The van der Waals surface area contributed by atoms with Crippen LogP contribution in [0.15, 0.2) is 0 Å². The van der Waals surface area contributed by atoms with Crippen molar-refractivity contribution in [2.45, 2.75) is 195 Å². The van der Waals surface area contributed by atoms with Gasteiger partial charge in [-0.3, -0.25) is 28.8 Å². The SMILES string of the molecule is CC1CCC(CCC(=O)OCC(COC(=O)CCNCCC(=O)OCC(COC(=O)CCC2CCC(C)CC2)COC(=O)CCC2CCC(C)CC2)COC(=O)CCC2CCC(C)CC2)CC1. The summed E-state index contributed by atoms with van der Waals surface area (Å²) in [7, 11) is 0. The number of hydrogen-bond acceptors (Lipinski definition) is 13. The molecular weight excluding hydrogens is 855 g/mol. The third-order valence-corrected chi connectivity index (χ3v) is 15.5. The second-order valence-electron chi connectivity index (χ2n) is 21.7. The normalized spacial score (nSPS) is 26.3. The van der Waals surface area contributed by atoms with E-state index in [1.807, 2.05) is 0 Å². The van der Waals surface area contributed by atoms with Gasteiger partial charge in [0.1, 0.15) is 39.6 Å². The van der Waals surface area contributed by atoms with Gasteiger partial charge in [-0.2, -0.15) is 0 Å². The Kier molecular flexibility index (Phi) is 27.4. The van der Waals surface area contributed by atoms with Gasteiger partial charge in [0.15, 0.2) is 0 Å². The quantitative estimate of drug-likeness (QED) is 0.0410. The summed E-state index contributed by atoms with van der Waals surface area (Å²) in [6.07, 6.45) is 23.4. The van der Waals surface area contributed by atoms with Crippen molar-refractivity contribution in [1.82, 2.24) is 5.32 Å². The van der Waals surface area contributed by atoms with E-state index in [9.17, 15) is 28.8 Å². The molecule has 0 bridgehead atoms. The molecule has 4 aliphatic rings. The average molecular weight is 946 g/mol. The molecule has 4 fully saturated rings. The predicted octanol–water partition coefficient (Wildman–Crippen LogP) is 10.3. The molecule has 0 atom stereocenters. The molecule has 4 rings (SSSR count). The van der Waals surface area contributed by atoms with E-state index >= 15 is 0 Å². The second-order valence-corrected chi connectivity index (χ2v) is 21.7. The zero-order chi connectivity index (χ0) is 48.2. The molecular formula is C54H91NO12. The van der Waals surface area contributed by atoms with Crippen LogP contribution in [-0.2, 0) is 57.2 Å². The van der Waals surface area contributed by atoms with Crippen molar-refractivity contribution in [2.75, 3.05) is 52.7 Å². The lowest BCUT2D eigenvalue weighted by atomic mass is 9.81. The van der Waals surface area contributed by atoms with Crippen molar-refractivity contribution in [3.63, 3.8) is 0 Å². The van der Waals surface area contributed by atoms with E-state index in [1.54, 1.807) is 0 Å². The summed E-state index contributed by atoms with van der Waals surface area (Å²) in [6, 6.07) is 0. The summed E-state index contributed by atoms with van der Waals surface area (Å²) in [5.41, 5.74) is 0. The molecule has 4 aliphatic carbocycles. The first-order valence-electron chi connectivity index (χ1n) is 26.9. The minimum atomic E-state index is -0.488. The molecule has 0 aliphatic heterocycles. The summed E-state index contributed by atoms with van der Waals surface area (Å²) in [5.74, 6) is 2.08. The molecule has 0 amide bonds. The number of ether oxygens (including phenoxy) is 6. The van der Waals surface area contributed by atoms with Gasteiger partial charge in [-0.15, -0.1) is 0 Å². The second kappa shape index (κ2) is 32.6. The minimum absolute atomic E-state index is 0.00653. The number of esters is 6. The lowest BCUT2D eigenvalue weighted by Crippen LogP contribution is -2.29. The van der Waals surface area contributed by atoms with Crippen LogP contribution in [-0.4, -0.2) is 88.5 Å². The topological polar surface area (TPSA) is 170 Å². The highest BCUT2D eigenvalue weighted by Crippen LogP contribution is 2.34. The van der Waals surface area contributed by atoms with Crippen molar-refractivity contribution in [2.24, 2.45) is 59.2 Å². The molecule has 0 saturated heterocycles. The van der Waals surface area contributed by atoms with Gasteiger partial charge in [0.25, 0.3) is 0 Å². The number of carbonyl (C=O) groups is 6. The standard InChI is InChI=1S/C54H91NO12/c1-39-5-13-43(14-6-39)21-25-49(56)62-33-47(34-63-50(57)26-22-44-15-7-40(2)8-16-44)37-66-53(60)29-31-55-32-30-54(61)67-38-48(35-64-51(58)27-23-45-17-9-41(3)10-18-45)36-65-52(59)28-24-46-19-11-42(4)12-20-46/h39-48,55H,5-38H2,1-4H3. The molecule has 0 aromatic rings. The van der Waals surface area contributed by atoms with Gasteiger partial charge in [-0.1, -0.05) is 130 Å². The van der Waals surface area contributed by atoms with Crippen molar-refractivity contribution in [1.29, 1.82) is 0 Å². The molecule has 0 aromatic heterocycles.